The van der Waals surface area contributed by atoms with Crippen molar-refractivity contribution in [2.75, 3.05) is 10.6 Å². The first-order valence-electron chi connectivity index (χ1n) is 3.15. The Kier molecular flexibility index (Phi) is 3.53. The fraction of sp³-hybridized carbons (Fsp3) is 0.250. The van der Waals surface area contributed by atoms with Crippen molar-refractivity contribution < 1.29 is 13.2 Å². The van der Waals surface area contributed by atoms with Crippen molar-refractivity contribution in [2.24, 2.45) is 5.14 Å². The van der Waals surface area contributed by atoms with E-state index in [4.69, 9.17) is 5.14 Å². The monoisotopic (exact) mass is 300 g/mol. The third-order valence-electron chi connectivity index (χ3n) is 1.02. The van der Waals surface area contributed by atoms with Gasteiger partial charge in [-0.3, -0.25) is 10.1 Å². The number of sulfonamides is 1. The third kappa shape index (κ3) is 2.97. The first kappa shape index (κ1) is 11.5. The van der Waals surface area contributed by atoms with E-state index in [9.17, 15) is 13.2 Å². The Balaban J connectivity index is 2.84. The van der Waals surface area contributed by atoms with Crippen molar-refractivity contribution in [3.05, 3.63) is 0 Å². The number of nitrogens with zero attached hydrogens (tertiary/aromatic N) is 2. The van der Waals surface area contributed by atoms with Gasteiger partial charge in [-0.05, 0) is 0 Å². The van der Waals surface area contributed by atoms with Crippen LogP contribution in [0.25, 0.3) is 0 Å². The molecule has 0 spiro atoms. The average molecular weight is 301 g/mol. The van der Waals surface area contributed by atoms with Gasteiger partial charge in [-0.15, -0.1) is 10.2 Å². The SMILES string of the molecule is NS(=O)(=O)c1nnc(NC(=O)CBr)s1. The molecule has 1 aromatic heterocycles. The van der Waals surface area contributed by atoms with Crippen molar-refractivity contribution >= 4 is 48.3 Å². The van der Waals surface area contributed by atoms with Gasteiger partial charge in [0.2, 0.25) is 15.4 Å². The summed E-state index contributed by atoms with van der Waals surface area (Å²) in [6, 6.07) is 0. The van der Waals surface area contributed by atoms with Gasteiger partial charge in [-0.1, -0.05) is 27.3 Å². The Morgan fingerprint density at radius 3 is 2.64 bits per heavy atom. The Hall–Kier alpha value is -0.580. The molecular formula is C4H5BrN4O3S2. The summed E-state index contributed by atoms with van der Waals surface area (Å²) in [7, 11) is -3.84. The summed E-state index contributed by atoms with van der Waals surface area (Å²) >= 11 is 3.62. The maximum atomic E-state index is 10.8. The molecule has 1 rings (SSSR count). The Labute approximate surface area is 91.9 Å². The van der Waals surface area contributed by atoms with Crippen LogP contribution in [0.3, 0.4) is 0 Å². The molecule has 0 aliphatic heterocycles. The number of primary sulfonamides is 1. The van der Waals surface area contributed by atoms with Crippen LogP contribution >= 0.6 is 27.3 Å². The summed E-state index contributed by atoms with van der Waals surface area (Å²) in [5.41, 5.74) is 0. The second-order valence-electron chi connectivity index (χ2n) is 2.10. The maximum absolute atomic E-state index is 10.8. The molecule has 1 heterocycles. The number of rotatable bonds is 3. The van der Waals surface area contributed by atoms with Crippen LogP contribution in [-0.4, -0.2) is 29.9 Å². The van der Waals surface area contributed by atoms with Gasteiger partial charge in [-0.25, -0.2) is 13.6 Å². The molecule has 0 unspecified atom stereocenters. The van der Waals surface area contributed by atoms with Crippen molar-refractivity contribution in [3.63, 3.8) is 0 Å². The molecule has 1 amide bonds. The van der Waals surface area contributed by atoms with E-state index < -0.39 is 10.0 Å². The molecule has 0 saturated carbocycles. The van der Waals surface area contributed by atoms with Crippen molar-refractivity contribution in [1.82, 2.24) is 10.2 Å². The number of hydrogen-bond acceptors (Lipinski definition) is 6. The number of carbonyl (C=O) groups excluding carboxylic acids is 1. The lowest BCUT2D eigenvalue weighted by Crippen LogP contribution is -2.12. The van der Waals surface area contributed by atoms with E-state index in [-0.39, 0.29) is 20.7 Å². The van der Waals surface area contributed by atoms with E-state index in [1.54, 1.807) is 0 Å². The van der Waals surface area contributed by atoms with Crippen LogP contribution in [-0.2, 0) is 14.8 Å². The standard InChI is InChI=1S/C4H5BrN4O3S2/c5-1-2(10)7-3-8-9-4(13-3)14(6,11)12/h1H2,(H2,6,11,12)(H,7,8,10). The predicted molar refractivity (Wildman–Crippen MR) is 53.7 cm³/mol. The van der Waals surface area contributed by atoms with Crippen LogP contribution in [0.5, 0.6) is 0 Å². The van der Waals surface area contributed by atoms with Crippen LogP contribution < -0.4 is 10.5 Å². The fourth-order valence-corrected chi connectivity index (χ4v) is 2.02. The molecule has 3 N–H and O–H groups in total. The molecule has 0 bridgehead atoms. The maximum Gasteiger partial charge on any atom is 0.267 e. The van der Waals surface area contributed by atoms with E-state index >= 15 is 0 Å². The highest BCUT2D eigenvalue weighted by Crippen LogP contribution is 2.18. The number of amides is 1. The van der Waals surface area contributed by atoms with Gasteiger partial charge in [0.1, 0.15) is 0 Å². The second kappa shape index (κ2) is 4.29. The van der Waals surface area contributed by atoms with E-state index in [1.165, 1.54) is 0 Å². The summed E-state index contributed by atoms with van der Waals surface area (Å²) in [5, 5.41) is 14.0. The lowest BCUT2D eigenvalue weighted by Gasteiger charge is -1.93. The normalized spacial score (nSPS) is 11.3. The zero-order valence-corrected chi connectivity index (χ0v) is 9.82. The van der Waals surface area contributed by atoms with Gasteiger partial charge in [0.05, 0.1) is 5.33 Å². The summed E-state index contributed by atoms with van der Waals surface area (Å²) in [6.07, 6.45) is 0. The van der Waals surface area contributed by atoms with Gasteiger partial charge < -0.3 is 0 Å². The van der Waals surface area contributed by atoms with E-state index in [2.05, 4.69) is 31.4 Å². The number of hydrogen-bond donors (Lipinski definition) is 2. The quantitative estimate of drug-likeness (QED) is 0.578. The van der Waals surface area contributed by atoms with Crippen LogP contribution in [0.4, 0.5) is 5.13 Å². The van der Waals surface area contributed by atoms with E-state index in [0.29, 0.717) is 11.3 Å². The summed E-state index contributed by atoms with van der Waals surface area (Å²) < 4.78 is 21.2. The van der Waals surface area contributed by atoms with Gasteiger partial charge >= 0.3 is 0 Å². The van der Waals surface area contributed by atoms with Crippen LogP contribution in [0.15, 0.2) is 4.34 Å². The highest BCUT2D eigenvalue weighted by Gasteiger charge is 2.15. The number of nitrogens with one attached hydrogen (secondary N) is 1. The highest BCUT2D eigenvalue weighted by atomic mass is 79.9. The first-order chi connectivity index (χ1) is 6.43. The third-order valence-corrected chi connectivity index (χ3v) is 3.68. The Morgan fingerprint density at radius 2 is 2.21 bits per heavy atom. The number of nitrogens with two attached hydrogens (primary N) is 1. The summed E-state index contributed by atoms with van der Waals surface area (Å²) in [4.78, 5) is 10.8. The minimum atomic E-state index is -3.84. The number of halogens is 1. The molecule has 0 aliphatic carbocycles. The minimum Gasteiger partial charge on any atom is -0.300 e. The lowest BCUT2D eigenvalue weighted by molar-refractivity contribution is -0.113. The second-order valence-corrected chi connectivity index (χ2v) is 5.37. The molecule has 0 aliphatic rings. The molecule has 0 radical (unpaired) electrons. The largest absolute Gasteiger partial charge is 0.300 e. The van der Waals surface area contributed by atoms with Gasteiger partial charge in [0, 0.05) is 0 Å². The zero-order valence-electron chi connectivity index (χ0n) is 6.60. The zero-order chi connectivity index (χ0) is 10.8. The van der Waals surface area contributed by atoms with Crippen molar-refractivity contribution in [3.8, 4) is 0 Å². The molecule has 0 saturated heterocycles. The Morgan fingerprint density at radius 1 is 1.57 bits per heavy atom. The molecule has 0 atom stereocenters. The number of anilines is 1. The van der Waals surface area contributed by atoms with Crippen LogP contribution in [0, 0.1) is 0 Å². The molecule has 14 heavy (non-hydrogen) atoms. The smallest absolute Gasteiger partial charge is 0.267 e. The molecule has 0 aromatic carbocycles. The summed E-state index contributed by atoms with van der Waals surface area (Å²) in [6.45, 7) is 0. The average Bonchev–Trinajstić information content (AvgIpc) is 2.51. The van der Waals surface area contributed by atoms with Gasteiger partial charge in [0.15, 0.2) is 0 Å². The first-order valence-corrected chi connectivity index (χ1v) is 6.64. The molecular weight excluding hydrogens is 296 g/mol. The molecule has 78 valence electrons. The predicted octanol–water partition coefficient (Wildman–Crippen LogP) is -0.481. The van der Waals surface area contributed by atoms with Crippen molar-refractivity contribution in [2.45, 2.75) is 4.34 Å². The van der Waals surface area contributed by atoms with E-state index in [0.717, 1.165) is 0 Å². The molecule has 7 nitrogen and oxygen atoms in total. The van der Waals surface area contributed by atoms with E-state index in [1.807, 2.05) is 0 Å². The van der Waals surface area contributed by atoms with Crippen LogP contribution in [0.1, 0.15) is 0 Å². The van der Waals surface area contributed by atoms with Gasteiger partial charge in [0.25, 0.3) is 10.0 Å². The minimum absolute atomic E-state index is 0.0945. The van der Waals surface area contributed by atoms with Gasteiger partial charge in [-0.2, -0.15) is 0 Å². The molecule has 1 aromatic rings. The lowest BCUT2D eigenvalue weighted by atomic mass is 10.7. The number of alkyl halides is 1. The molecule has 0 fully saturated rings. The summed E-state index contributed by atoms with van der Waals surface area (Å²) in [5.74, 6) is -0.345. The van der Waals surface area contributed by atoms with Crippen molar-refractivity contribution in [1.29, 1.82) is 0 Å². The highest BCUT2D eigenvalue weighted by molar-refractivity contribution is 9.09. The number of carbonyl (C=O) groups is 1. The topological polar surface area (TPSA) is 115 Å². The fourth-order valence-electron chi connectivity index (χ4n) is 0.528. The Bertz CT molecular complexity index is 441. The van der Waals surface area contributed by atoms with Crippen LogP contribution in [0.2, 0.25) is 0 Å². The molecule has 10 heteroatoms. The number of aromatic nitrogens is 2.